The molecule has 1 aromatic carbocycles. The third-order valence-electron chi connectivity index (χ3n) is 4.20. The van der Waals surface area contributed by atoms with Gasteiger partial charge in [0.25, 0.3) is 0 Å². The lowest BCUT2D eigenvalue weighted by atomic mass is 9.96. The molecule has 0 saturated heterocycles. The second kappa shape index (κ2) is 7.16. The molecule has 106 valence electrons. The van der Waals surface area contributed by atoms with Crippen LogP contribution in [0.15, 0.2) is 18.2 Å². The Labute approximate surface area is 121 Å². The molecule has 2 rings (SSSR count). The van der Waals surface area contributed by atoms with Crippen molar-refractivity contribution in [1.29, 1.82) is 0 Å². The van der Waals surface area contributed by atoms with Gasteiger partial charge < -0.3 is 10.1 Å². The molecule has 0 bridgehead atoms. The van der Waals surface area contributed by atoms with Crippen LogP contribution in [0, 0.1) is 5.92 Å². The zero-order valence-corrected chi connectivity index (χ0v) is 12.7. The highest BCUT2D eigenvalue weighted by Gasteiger charge is 2.20. The number of rotatable bonds is 4. The van der Waals surface area contributed by atoms with Crippen molar-refractivity contribution in [2.75, 3.05) is 7.11 Å². The molecule has 0 heterocycles. The SMILES string of the molecule is COc1cccc(Cl)c1CNC1CCCCCC1C. The van der Waals surface area contributed by atoms with Gasteiger partial charge in [-0.05, 0) is 30.9 Å². The highest BCUT2D eigenvalue weighted by Crippen LogP contribution is 2.28. The standard InChI is InChI=1S/C16H24ClNO/c1-12-7-4-3-5-9-15(12)18-11-13-14(17)8-6-10-16(13)19-2/h6,8,10,12,15,18H,3-5,7,9,11H2,1-2H3. The maximum atomic E-state index is 6.27. The van der Waals surface area contributed by atoms with Gasteiger partial charge in [-0.15, -0.1) is 0 Å². The first-order chi connectivity index (χ1) is 9.22. The van der Waals surface area contributed by atoms with Crippen molar-refractivity contribution in [3.63, 3.8) is 0 Å². The minimum absolute atomic E-state index is 0.600. The third kappa shape index (κ3) is 3.87. The van der Waals surface area contributed by atoms with Gasteiger partial charge >= 0.3 is 0 Å². The molecule has 1 saturated carbocycles. The average Bonchev–Trinajstić information content (AvgIpc) is 2.62. The molecule has 0 amide bonds. The second-order valence-electron chi connectivity index (χ2n) is 5.52. The van der Waals surface area contributed by atoms with Gasteiger partial charge in [0.15, 0.2) is 0 Å². The van der Waals surface area contributed by atoms with Crippen LogP contribution < -0.4 is 10.1 Å². The van der Waals surface area contributed by atoms with Crippen LogP contribution in [0.25, 0.3) is 0 Å². The first-order valence-electron chi connectivity index (χ1n) is 7.27. The summed E-state index contributed by atoms with van der Waals surface area (Å²) in [6.07, 6.45) is 6.68. The smallest absolute Gasteiger partial charge is 0.124 e. The molecular weight excluding hydrogens is 258 g/mol. The van der Waals surface area contributed by atoms with E-state index in [1.54, 1.807) is 7.11 Å². The first-order valence-corrected chi connectivity index (χ1v) is 7.65. The van der Waals surface area contributed by atoms with E-state index in [0.29, 0.717) is 6.04 Å². The Hall–Kier alpha value is -0.730. The van der Waals surface area contributed by atoms with Crippen LogP contribution in [0.5, 0.6) is 5.75 Å². The summed E-state index contributed by atoms with van der Waals surface area (Å²) in [5, 5.41) is 4.46. The number of nitrogens with one attached hydrogen (secondary N) is 1. The van der Waals surface area contributed by atoms with Crippen molar-refractivity contribution >= 4 is 11.6 Å². The summed E-state index contributed by atoms with van der Waals surface area (Å²) < 4.78 is 5.39. The molecule has 0 spiro atoms. The summed E-state index contributed by atoms with van der Waals surface area (Å²) in [7, 11) is 1.70. The summed E-state index contributed by atoms with van der Waals surface area (Å²) in [5.41, 5.74) is 1.07. The van der Waals surface area contributed by atoms with E-state index in [4.69, 9.17) is 16.3 Å². The average molecular weight is 282 g/mol. The summed E-state index contributed by atoms with van der Waals surface area (Å²) in [4.78, 5) is 0. The van der Waals surface area contributed by atoms with Gasteiger partial charge in [0.1, 0.15) is 5.75 Å². The van der Waals surface area contributed by atoms with Crippen LogP contribution in [-0.2, 0) is 6.54 Å². The monoisotopic (exact) mass is 281 g/mol. The van der Waals surface area contributed by atoms with Gasteiger partial charge in [0.2, 0.25) is 0 Å². The van der Waals surface area contributed by atoms with Crippen molar-refractivity contribution in [3.8, 4) is 5.75 Å². The number of methoxy groups -OCH3 is 1. The van der Waals surface area contributed by atoms with E-state index < -0.39 is 0 Å². The molecule has 0 radical (unpaired) electrons. The maximum absolute atomic E-state index is 6.27. The highest BCUT2D eigenvalue weighted by atomic mass is 35.5. The van der Waals surface area contributed by atoms with Crippen molar-refractivity contribution in [2.24, 2.45) is 5.92 Å². The minimum Gasteiger partial charge on any atom is -0.496 e. The van der Waals surface area contributed by atoms with Crippen molar-refractivity contribution in [2.45, 2.75) is 51.6 Å². The van der Waals surface area contributed by atoms with Gasteiger partial charge in [-0.2, -0.15) is 0 Å². The van der Waals surface area contributed by atoms with E-state index in [1.807, 2.05) is 18.2 Å². The number of hydrogen-bond acceptors (Lipinski definition) is 2. The minimum atomic E-state index is 0.600. The second-order valence-corrected chi connectivity index (χ2v) is 5.93. The largest absolute Gasteiger partial charge is 0.496 e. The molecule has 2 unspecified atom stereocenters. The van der Waals surface area contributed by atoms with Crippen LogP contribution in [0.4, 0.5) is 0 Å². The van der Waals surface area contributed by atoms with Gasteiger partial charge in [0.05, 0.1) is 7.11 Å². The van der Waals surface area contributed by atoms with E-state index in [-0.39, 0.29) is 0 Å². The lowest BCUT2D eigenvalue weighted by molar-refractivity contribution is 0.350. The topological polar surface area (TPSA) is 21.3 Å². The Bertz CT molecular complexity index is 408. The molecule has 2 atom stereocenters. The van der Waals surface area contributed by atoms with Crippen LogP contribution in [0.2, 0.25) is 5.02 Å². The Morgan fingerprint density at radius 2 is 2.05 bits per heavy atom. The summed E-state index contributed by atoms with van der Waals surface area (Å²) in [6, 6.07) is 6.43. The van der Waals surface area contributed by atoms with E-state index in [1.165, 1.54) is 32.1 Å². The first kappa shape index (κ1) is 14.7. The Morgan fingerprint density at radius 3 is 2.84 bits per heavy atom. The lowest BCUT2D eigenvalue weighted by Crippen LogP contribution is -2.33. The fraction of sp³-hybridized carbons (Fsp3) is 0.625. The molecule has 1 aliphatic rings. The number of halogens is 1. The van der Waals surface area contributed by atoms with Crippen molar-refractivity contribution in [1.82, 2.24) is 5.32 Å². The molecule has 19 heavy (non-hydrogen) atoms. The van der Waals surface area contributed by atoms with Gasteiger partial charge in [-0.25, -0.2) is 0 Å². The van der Waals surface area contributed by atoms with Gasteiger partial charge in [-0.3, -0.25) is 0 Å². The van der Waals surface area contributed by atoms with Gasteiger partial charge in [0, 0.05) is 23.2 Å². The van der Waals surface area contributed by atoms with E-state index in [0.717, 1.165) is 28.8 Å². The fourth-order valence-electron chi connectivity index (χ4n) is 2.93. The van der Waals surface area contributed by atoms with Crippen LogP contribution in [0.3, 0.4) is 0 Å². The third-order valence-corrected chi connectivity index (χ3v) is 4.55. The molecule has 3 heteroatoms. The van der Waals surface area contributed by atoms with Crippen LogP contribution >= 0.6 is 11.6 Å². The van der Waals surface area contributed by atoms with E-state index in [9.17, 15) is 0 Å². The predicted molar refractivity (Wildman–Crippen MR) is 80.9 cm³/mol. The molecular formula is C16H24ClNO. The summed E-state index contributed by atoms with van der Waals surface area (Å²) in [6.45, 7) is 3.14. The number of benzene rings is 1. The highest BCUT2D eigenvalue weighted by molar-refractivity contribution is 6.31. The molecule has 1 N–H and O–H groups in total. The lowest BCUT2D eigenvalue weighted by Gasteiger charge is -2.23. The number of hydrogen-bond donors (Lipinski definition) is 1. The zero-order valence-electron chi connectivity index (χ0n) is 11.9. The molecule has 1 aromatic rings. The molecule has 1 aliphatic carbocycles. The Kier molecular flexibility index (Phi) is 5.53. The number of ether oxygens (including phenoxy) is 1. The predicted octanol–water partition coefficient (Wildman–Crippen LogP) is 4.41. The van der Waals surface area contributed by atoms with Crippen molar-refractivity contribution < 1.29 is 4.74 Å². The van der Waals surface area contributed by atoms with E-state index >= 15 is 0 Å². The molecule has 2 nitrogen and oxygen atoms in total. The van der Waals surface area contributed by atoms with Crippen LogP contribution in [0.1, 0.15) is 44.6 Å². The Morgan fingerprint density at radius 1 is 1.26 bits per heavy atom. The molecule has 0 aliphatic heterocycles. The quantitative estimate of drug-likeness (QED) is 0.826. The maximum Gasteiger partial charge on any atom is 0.124 e. The fourth-order valence-corrected chi connectivity index (χ4v) is 3.16. The van der Waals surface area contributed by atoms with Gasteiger partial charge in [-0.1, -0.05) is 43.9 Å². The zero-order chi connectivity index (χ0) is 13.7. The van der Waals surface area contributed by atoms with E-state index in [2.05, 4.69) is 12.2 Å². The summed E-state index contributed by atoms with van der Waals surface area (Å²) >= 11 is 6.27. The summed E-state index contributed by atoms with van der Waals surface area (Å²) in [5.74, 6) is 1.62. The molecule has 1 fully saturated rings. The normalized spacial score (nSPS) is 23.9. The molecule has 0 aromatic heterocycles. The Balaban J connectivity index is 2.01. The van der Waals surface area contributed by atoms with Crippen LogP contribution in [-0.4, -0.2) is 13.2 Å². The van der Waals surface area contributed by atoms with Crippen molar-refractivity contribution in [3.05, 3.63) is 28.8 Å².